The van der Waals surface area contributed by atoms with Crippen LogP contribution in [0.3, 0.4) is 0 Å². The molecule has 1 aliphatic rings. The normalized spacial score (nSPS) is 16.4. The SMILES string of the molecule is C[C@@H](Oc1ccc(F)c(F)c1)C(=O)NC1CC1. The summed E-state index contributed by atoms with van der Waals surface area (Å²) in [5, 5.41) is 2.77. The third-order valence-corrected chi connectivity index (χ3v) is 2.50. The molecule has 0 unspecified atom stereocenters. The fraction of sp³-hybridized carbons (Fsp3) is 0.417. The molecular formula is C12H13F2NO2. The van der Waals surface area contributed by atoms with Crippen LogP contribution in [0.15, 0.2) is 18.2 Å². The molecule has 1 aromatic rings. The Kier molecular flexibility index (Phi) is 3.26. The van der Waals surface area contributed by atoms with E-state index in [2.05, 4.69) is 5.32 Å². The molecule has 0 heterocycles. The third-order valence-electron chi connectivity index (χ3n) is 2.50. The van der Waals surface area contributed by atoms with Gasteiger partial charge in [-0.15, -0.1) is 0 Å². The molecule has 3 nitrogen and oxygen atoms in total. The molecule has 1 N–H and O–H groups in total. The van der Waals surface area contributed by atoms with Crippen molar-refractivity contribution in [3.05, 3.63) is 29.8 Å². The first-order chi connectivity index (χ1) is 8.06. The van der Waals surface area contributed by atoms with E-state index in [1.807, 2.05) is 0 Å². The topological polar surface area (TPSA) is 38.3 Å². The van der Waals surface area contributed by atoms with E-state index in [4.69, 9.17) is 4.74 Å². The fourth-order valence-electron chi connectivity index (χ4n) is 1.35. The van der Waals surface area contributed by atoms with Crippen LogP contribution in [-0.4, -0.2) is 18.1 Å². The van der Waals surface area contributed by atoms with Crippen LogP contribution in [0, 0.1) is 11.6 Å². The maximum absolute atomic E-state index is 12.9. The van der Waals surface area contributed by atoms with Gasteiger partial charge in [-0.05, 0) is 31.9 Å². The number of carbonyl (C=O) groups excluding carboxylic acids is 1. The van der Waals surface area contributed by atoms with E-state index in [1.165, 1.54) is 6.07 Å². The van der Waals surface area contributed by atoms with E-state index in [9.17, 15) is 13.6 Å². The van der Waals surface area contributed by atoms with E-state index in [0.29, 0.717) is 0 Å². The van der Waals surface area contributed by atoms with Crippen molar-refractivity contribution in [2.75, 3.05) is 0 Å². The van der Waals surface area contributed by atoms with Crippen LogP contribution in [-0.2, 0) is 4.79 Å². The molecule has 1 amide bonds. The van der Waals surface area contributed by atoms with Crippen LogP contribution in [0.1, 0.15) is 19.8 Å². The second-order valence-corrected chi connectivity index (χ2v) is 4.12. The zero-order chi connectivity index (χ0) is 12.4. The molecule has 0 aliphatic heterocycles. The van der Waals surface area contributed by atoms with Crippen molar-refractivity contribution in [3.63, 3.8) is 0 Å². The number of rotatable bonds is 4. The number of hydrogen-bond acceptors (Lipinski definition) is 2. The quantitative estimate of drug-likeness (QED) is 0.875. The van der Waals surface area contributed by atoms with E-state index < -0.39 is 17.7 Å². The summed E-state index contributed by atoms with van der Waals surface area (Å²) in [4.78, 5) is 11.5. The lowest BCUT2D eigenvalue weighted by Crippen LogP contribution is -2.37. The Morgan fingerprint density at radius 1 is 1.41 bits per heavy atom. The predicted octanol–water partition coefficient (Wildman–Crippen LogP) is 2.01. The molecule has 0 saturated heterocycles. The molecule has 1 saturated carbocycles. The molecule has 5 heteroatoms. The summed E-state index contributed by atoms with van der Waals surface area (Å²) in [7, 11) is 0. The second kappa shape index (κ2) is 4.69. The van der Waals surface area contributed by atoms with Gasteiger partial charge in [0.25, 0.3) is 5.91 Å². The van der Waals surface area contributed by atoms with Gasteiger partial charge in [-0.25, -0.2) is 8.78 Å². The average Bonchev–Trinajstić information content (AvgIpc) is 3.07. The van der Waals surface area contributed by atoms with Crippen LogP contribution >= 0.6 is 0 Å². The summed E-state index contributed by atoms with van der Waals surface area (Å²) in [6.07, 6.45) is 1.26. The van der Waals surface area contributed by atoms with Crippen LogP contribution in [0.2, 0.25) is 0 Å². The first kappa shape index (κ1) is 11.8. The summed E-state index contributed by atoms with van der Waals surface area (Å²) in [6, 6.07) is 3.43. The molecule has 0 bridgehead atoms. The summed E-state index contributed by atoms with van der Waals surface area (Å²) >= 11 is 0. The highest BCUT2D eigenvalue weighted by atomic mass is 19.2. The number of halogens is 2. The van der Waals surface area contributed by atoms with Crippen molar-refractivity contribution in [3.8, 4) is 5.75 Å². The molecule has 17 heavy (non-hydrogen) atoms. The van der Waals surface area contributed by atoms with Crippen molar-refractivity contribution in [2.24, 2.45) is 0 Å². The van der Waals surface area contributed by atoms with Gasteiger partial charge in [0, 0.05) is 12.1 Å². The van der Waals surface area contributed by atoms with Crippen LogP contribution in [0.25, 0.3) is 0 Å². The van der Waals surface area contributed by atoms with Gasteiger partial charge in [0.05, 0.1) is 0 Å². The highest BCUT2D eigenvalue weighted by Crippen LogP contribution is 2.20. The zero-order valence-electron chi connectivity index (χ0n) is 9.37. The van der Waals surface area contributed by atoms with E-state index in [1.54, 1.807) is 6.92 Å². The van der Waals surface area contributed by atoms with E-state index >= 15 is 0 Å². The molecule has 92 valence electrons. The van der Waals surface area contributed by atoms with Crippen molar-refractivity contribution in [2.45, 2.75) is 31.9 Å². The smallest absolute Gasteiger partial charge is 0.260 e. The highest BCUT2D eigenvalue weighted by molar-refractivity contribution is 5.81. The average molecular weight is 241 g/mol. The predicted molar refractivity (Wildman–Crippen MR) is 57.6 cm³/mol. The van der Waals surface area contributed by atoms with Crippen molar-refractivity contribution >= 4 is 5.91 Å². The molecular weight excluding hydrogens is 228 g/mol. The van der Waals surface area contributed by atoms with Crippen LogP contribution < -0.4 is 10.1 Å². The Balaban J connectivity index is 1.94. The second-order valence-electron chi connectivity index (χ2n) is 4.12. The number of hydrogen-bond donors (Lipinski definition) is 1. The number of ether oxygens (including phenoxy) is 1. The number of amides is 1. The minimum absolute atomic E-state index is 0.141. The van der Waals surface area contributed by atoms with Crippen molar-refractivity contribution in [1.82, 2.24) is 5.32 Å². The van der Waals surface area contributed by atoms with E-state index in [0.717, 1.165) is 25.0 Å². The molecule has 2 rings (SSSR count). The van der Waals surface area contributed by atoms with Gasteiger partial charge in [0.2, 0.25) is 0 Å². The lowest BCUT2D eigenvalue weighted by molar-refractivity contribution is -0.127. The minimum atomic E-state index is -0.989. The fourth-order valence-corrected chi connectivity index (χ4v) is 1.35. The molecule has 0 spiro atoms. The molecule has 0 radical (unpaired) electrons. The maximum Gasteiger partial charge on any atom is 0.260 e. The molecule has 1 aliphatic carbocycles. The van der Waals surface area contributed by atoms with E-state index in [-0.39, 0.29) is 17.7 Å². The lowest BCUT2D eigenvalue weighted by atomic mass is 10.3. The highest BCUT2D eigenvalue weighted by Gasteiger charge is 2.26. The molecule has 0 aromatic heterocycles. The van der Waals surface area contributed by atoms with Gasteiger partial charge >= 0.3 is 0 Å². The Morgan fingerprint density at radius 2 is 2.12 bits per heavy atom. The Bertz CT molecular complexity index is 433. The number of benzene rings is 1. The molecule has 1 aromatic carbocycles. The van der Waals surface area contributed by atoms with Gasteiger partial charge in [0.1, 0.15) is 5.75 Å². The Hall–Kier alpha value is -1.65. The summed E-state index contributed by atoms with van der Waals surface area (Å²) < 4.78 is 30.8. The summed E-state index contributed by atoms with van der Waals surface area (Å²) in [5.74, 6) is -2.02. The largest absolute Gasteiger partial charge is 0.481 e. The van der Waals surface area contributed by atoms with Gasteiger partial charge < -0.3 is 10.1 Å². The summed E-state index contributed by atoms with van der Waals surface area (Å²) in [5.41, 5.74) is 0. The third kappa shape index (κ3) is 3.15. The molecule has 1 fully saturated rings. The minimum Gasteiger partial charge on any atom is -0.481 e. The van der Waals surface area contributed by atoms with Gasteiger partial charge in [-0.3, -0.25) is 4.79 Å². The standard InChI is InChI=1S/C12H13F2NO2/c1-7(12(16)15-8-2-3-8)17-9-4-5-10(13)11(14)6-9/h4-8H,2-3H2,1H3,(H,15,16)/t7-/m1/s1. The maximum atomic E-state index is 12.9. The first-order valence-electron chi connectivity index (χ1n) is 5.48. The van der Waals surface area contributed by atoms with Gasteiger partial charge in [0.15, 0.2) is 17.7 Å². The monoisotopic (exact) mass is 241 g/mol. The number of carbonyl (C=O) groups is 1. The Morgan fingerprint density at radius 3 is 2.71 bits per heavy atom. The lowest BCUT2D eigenvalue weighted by Gasteiger charge is -2.14. The number of nitrogens with one attached hydrogen (secondary N) is 1. The Labute approximate surface area is 97.8 Å². The van der Waals surface area contributed by atoms with Crippen molar-refractivity contribution in [1.29, 1.82) is 0 Å². The first-order valence-corrected chi connectivity index (χ1v) is 5.48. The van der Waals surface area contributed by atoms with Gasteiger partial charge in [-0.2, -0.15) is 0 Å². The summed E-state index contributed by atoms with van der Waals surface area (Å²) in [6.45, 7) is 1.57. The zero-order valence-corrected chi connectivity index (χ0v) is 9.37. The van der Waals surface area contributed by atoms with Gasteiger partial charge in [-0.1, -0.05) is 0 Å². The van der Waals surface area contributed by atoms with Crippen LogP contribution in [0.5, 0.6) is 5.75 Å². The van der Waals surface area contributed by atoms with Crippen LogP contribution in [0.4, 0.5) is 8.78 Å². The molecule has 1 atom stereocenters. The van der Waals surface area contributed by atoms with Crippen molar-refractivity contribution < 1.29 is 18.3 Å².